The van der Waals surface area contributed by atoms with Crippen molar-refractivity contribution >= 4 is 5.91 Å². The Labute approximate surface area is 155 Å². The molecule has 2 aromatic heterocycles. The van der Waals surface area contributed by atoms with Gasteiger partial charge in [0.05, 0.1) is 12.5 Å². The summed E-state index contributed by atoms with van der Waals surface area (Å²) in [5.41, 5.74) is 1.82. The molecule has 2 N–H and O–H groups in total. The van der Waals surface area contributed by atoms with Gasteiger partial charge in [-0.2, -0.15) is 0 Å². The summed E-state index contributed by atoms with van der Waals surface area (Å²) in [4.78, 5) is 35.8. The average Bonchev–Trinajstić information content (AvgIpc) is 2.65. The lowest BCUT2D eigenvalue weighted by Crippen LogP contribution is -2.31. The number of aromatic nitrogens is 3. The van der Waals surface area contributed by atoms with Crippen LogP contribution in [-0.4, -0.2) is 20.9 Å². The van der Waals surface area contributed by atoms with E-state index < -0.39 is 0 Å². The Morgan fingerprint density at radius 2 is 2.00 bits per heavy atom. The van der Waals surface area contributed by atoms with Gasteiger partial charge in [-0.3, -0.25) is 14.6 Å². The van der Waals surface area contributed by atoms with Crippen LogP contribution in [0.2, 0.25) is 0 Å². The zero-order valence-corrected chi connectivity index (χ0v) is 15.0. The van der Waals surface area contributed by atoms with Gasteiger partial charge in [0.15, 0.2) is 0 Å². The maximum atomic E-state index is 13.3. The Kier molecular flexibility index (Phi) is 5.40. The Morgan fingerprint density at radius 3 is 2.67 bits per heavy atom. The third kappa shape index (κ3) is 4.44. The molecule has 0 saturated heterocycles. The van der Waals surface area contributed by atoms with Gasteiger partial charge in [0.1, 0.15) is 11.6 Å². The van der Waals surface area contributed by atoms with E-state index in [4.69, 9.17) is 0 Å². The number of aromatic amines is 1. The van der Waals surface area contributed by atoms with Gasteiger partial charge in [-0.15, -0.1) is 0 Å². The zero-order valence-electron chi connectivity index (χ0n) is 15.0. The summed E-state index contributed by atoms with van der Waals surface area (Å²) in [6, 6.07) is 9.14. The van der Waals surface area contributed by atoms with Crippen molar-refractivity contribution in [2.45, 2.75) is 26.3 Å². The molecule has 0 aliphatic heterocycles. The van der Waals surface area contributed by atoms with Gasteiger partial charge in [-0.1, -0.05) is 12.1 Å². The molecule has 0 aliphatic carbocycles. The average molecular weight is 366 g/mol. The van der Waals surface area contributed by atoms with Crippen LogP contribution in [0.15, 0.2) is 53.6 Å². The molecule has 0 unspecified atom stereocenters. The number of hydrogen-bond acceptors (Lipinski definition) is 4. The van der Waals surface area contributed by atoms with E-state index in [1.54, 1.807) is 50.5 Å². The van der Waals surface area contributed by atoms with Crippen LogP contribution in [-0.2, 0) is 11.2 Å². The smallest absolute Gasteiger partial charge is 0.255 e. The van der Waals surface area contributed by atoms with Crippen LogP contribution in [0, 0.1) is 12.7 Å². The fraction of sp³-hybridized carbons (Fsp3) is 0.200. The summed E-state index contributed by atoms with van der Waals surface area (Å²) in [6.07, 6.45) is 3.12. The van der Waals surface area contributed by atoms with Crippen LogP contribution >= 0.6 is 0 Å². The Bertz CT molecular complexity index is 1020. The summed E-state index contributed by atoms with van der Waals surface area (Å²) in [5.74, 6) is -0.271. The van der Waals surface area contributed by atoms with E-state index in [1.807, 2.05) is 0 Å². The lowest BCUT2D eigenvalue weighted by atomic mass is 10.1. The minimum atomic E-state index is -0.378. The number of benzene rings is 1. The fourth-order valence-electron chi connectivity index (χ4n) is 2.78. The summed E-state index contributed by atoms with van der Waals surface area (Å²) in [5, 5.41) is 2.78. The monoisotopic (exact) mass is 366 g/mol. The molecule has 0 aliphatic rings. The minimum absolute atomic E-state index is 0.107. The van der Waals surface area contributed by atoms with Gasteiger partial charge in [0, 0.05) is 29.2 Å². The van der Waals surface area contributed by atoms with Crippen LogP contribution in [0.1, 0.15) is 29.8 Å². The molecule has 1 aromatic carbocycles. The molecule has 7 heteroatoms. The first kappa shape index (κ1) is 18.4. The Hall–Kier alpha value is -3.35. The van der Waals surface area contributed by atoms with Crippen LogP contribution in [0.25, 0.3) is 11.4 Å². The second kappa shape index (κ2) is 7.90. The van der Waals surface area contributed by atoms with E-state index in [1.165, 1.54) is 12.1 Å². The Morgan fingerprint density at radius 1 is 1.26 bits per heavy atom. The number of rotatable bonds is 5. The predicted octanol–water partition coefficient (Wildman–Crippen LogP) is 2.70. The topological polar surface area (TPSA) is 87.7 Å². The lowest BCUT2D eigenvalue weighted by molar-refractivity contribution is -0.121. The Balaban J connectivity index is 1.75. The number of halogens is 1. The van der Waals surface area contributed by atoms with Crippen molar-refractivity contribution in [1.82, 2.24) is 20.3 Å². The highest BCUT2D eigenvalue weighted by atomic mass is 19.1. The molecular formula is C20H19FN4O2. The van der Waals surface area contributed by atoms with Crippen molar-refractivity contribution in [3.63, 3.8) is 0 Å². The standard InChI is InChI=1S/C20H19FN4O2/c1-12(15-4-3-5-16(21)10-15)23-18(26)11-17-13(2)24-19(25-20(17)27)14-6-8-22-9-7-14/h3-10,12H,11H2,1-2H3,(H,23,26)(H,24,25,27)/t12-/m0/s1. The first-order valence-corrected chi connectivity index (χ1v) is 8.49. The highest BCUT2D eigenvalue weighted by Gasteiger charge is 2.16. The number of amides is 1. The predicted molar refractivity (Wildman–Crippen MR) is 99.5 cm³/mol. The molecular weight excluding hydrogens is 347 g/mol. The van der Waals surface area contributed by atoms with Gasteiger partial charge in [0.2, 0.25) is 5.91 Å². The van der Waals surface area contributed by atoms with Gasteiger partial charge in [0.25, 0.3) is 5.56 Å². The molecule has 0 radical (unpaired) electrons. The van der Waals surface area contributed by atoms with Crippen molar-refractivity contribution in [3.8, 4) is 11.4 Å². The summed E-state index contributed by atoms with van der Waals surface area (Å²) in [6.45, 7) is 3.45. The number of H-pyrrole nitrogens is 1. The van der Waals surface area contributed by atoms with Crippen LogP contribution in [0.5, 0.6) is 0 Å². The molecule has 3 rings (SSSR count). The van der Waals surface area contributed by atoms with Crippen molar-refractivity contribution in [3.05, 3.63) is 81.8 Å². The number of nitrogens with one attached hydrogen (secondary N) is 2. The normalized spacial score (nSPS) is 11.8. The van der Waals surface area contributed by atoms with Crippen molar-refractivity contribution in [2.24, 2.45) is 0 Å². The summed E-state index contributed by atoms with van der Waals surface area (Å²) >= 11 is 0. The first-order valence-electron chi connectivity index (χ1n) is 8.49. The molecule has 0 spiro atoms. The second-order valence-corrected chi connectivity index (χ2v) is 6.24. The lowest BCUT2D eigenvalue weighted by Gasteiger charge is -2.15. The minimum Gasteiger partial charge on any atom is -0.349 e. The van der Waals surface area contributed by atoms with Crippen LogP contribution < -0.4 is 10.9 Å². The van der Waals surface area contributed by atoms with Crippen molar-refractivity contribution in [2.75, 3.05) is 0 Å². The van der Waals surface area contributed by atoms with Gasteiger partial charge >= 0.3 is 0 Å². The summed E-state index contributed by atoms with van der Waals surface area (Å²) < 4.78 is 13.3. The van der Waals surface area contributed by atoms with Crippen LogP contribution in [0.4, 0.5) is 4.39 Å². The highest BCUT2D eigenvalue weighted by molar-refractivity contribution is 5.79. The molecule has 3 aromatic rings. The number of carbonyl (C=O) groups excluding carboxylic acids is 1. The van der Waals surface area contributed by atoms with E-state index in [-0.39, 0.29) is 29.7 Å². The molecule has 2 heterocycles. The third-order valence-electron chi connectivity index (χ3n) is 4.24. The third-order valence-corrected chi connectivity index (χ3v) is 4.24. The molecule has 0 saturated carbocycles. The highest BCUT2D eigenvalue weighted by Crippen LogP contribution is 2.15. The first-order chi connectivity index (χ1) is 12.9. The number of hydrogen-bond donors (Lipinski definition) is 2. The maximum Gasteiger partial charge on any atom is 0.255 e. The van der Waals surface area contributed by atoms with Crippen LogP contribution in [0.3, 0.4) is 0 Å². The van der Waals surface area contributed by atoms with E-state index in [9.17, 15) is 14.0 Å². The zero-order chi connectivity index (χ0) is 19.4. The van der Waals surface area contributed by atoms with E-state index in [0.717, 1.165) is 5.56 Å². The van der Waals surface area contributed by atoms with Crippen molar-refractivity contribution < 1.29 is 9.18 Å². The number of aryl methyl sites for hydroxylation is 1. The molecule has 0 bridgehead atoms. The van der Waals surface area contributed by atoms with Gasteiger partial charge < -0.3 is 10.3 Å². The fourth-order valence-corrected chi connectivity index (χ4v) is 2.78. The largest absolute Gasteiger partial charge is 0.349 e. The number of nitrogens with zero attached hydrogens (tertiary/aromatic N) is 2. The molecule has 138 valence electrons. The molecule has 1 amide bonds. The molecule has 1 atom stereocenters. The molecule has 27 heavy (non-hydrogen) atoms. The SMILES string of the molecule is Cc1nc(-c2ccncc2)[nH]c(=O)c1CC(=O)N[C@@H](C)c1cccc(F)c1. The van der Waals surface area contributed by atoms with Gasteiger partial charge in [-0.25, -0.2) is 9.37 Å². The molecule has 6 nitrogen and oxygen atoms in total. The second-order valence-electron chi connectivity index (χ2n) is 6.24. The van der Waals surface area contributed by atoms with E-state index in [0.29, 0.717) is 22.6 Å². The maximum absolute atomic E-state index is 13.3. The quantitative estimate of drug-likeness (QED) is 0.727. The van der Waals surface area contributed by atoms with Crippen molar-refractivity contribution in [1.29, 1.82) is 0 Å². The molecule has 0 fully saturated rings. The van der Waals surface area contributed by atoms with Gasteiger partial charge in [-0.05, 0) is 43.7 Å². The number of carbonyl (C=O) groups is 1. The van der Waals surface area contributed by atoms with E-state index in [2.05, 4.69) is 20.3 Å². The number of pyridine rings is 1. The van der Waals surface area contributed by atoms with E-state index >= 15 is 0 Å². The summed E-state index contributed by atoms with van der Waals surface area (Å²) in [7, 11) is 0.